The molecule has 1 unspecified atom stereocenters. The summed E-state index contributed by atoms with van der Waals surface area (Å²) in [5, 5.41) is 3.44. The minimum atomic E-state index is 0.141. The molecule has 1 fully saturated rings. The molecule has 0 saturated carbocycles. The third-order valence-electron chi connectivity index (χ3n) is 4.12. The standard InChI is InChI=1S/C18H27NO2S/c1-13(2)15-4-6-16(7-5-15)14(3)22-12-18(20)19-17-8-10-21-11-9-17/h4-7,13-14,17H,8-12H2,1-3H3,(H,19,20). The van der Waals surface area contributed by atoms with E-state index in [1.54, 1.807) is 11.8 Å². The number of thioether (sulfide) groups is 1. The lowest BCUT2D eigenvalue weighted by Crippen LogP contribution is -2.39. The van der Waals surface area contributed by atoms with E-state index < -0.39 is 0 Å². The van der Waals surface area contributed by atoms with Gasteiger partial charge in [-0.15, -0.1) is 11.8 Å². The van der Waals surface area contributed by atoms with Gasteiger partial charge in [-0.2, -0.15) is 0 Å². The number of carbonyl (C=O) groups excluding carboxylic acids is 1. The van der Waals surface area contributed by atoms with E-state index in [9.17, 15) is 4.79 Å². The van der Waals surface area contributed by atoms with Crippen LogP contribution in [0.15, 0.2) is 24.3 Å². The summed E-state index contributed by atoms with van der Waals surface area (Å²) in [6.07, 6.45) is 1.87. The Morgan fingerprint density at radius 2 is 1.77 bits per heavy atom. The van der Waals surface area contributed by atoms with Crippen molar-refractivity contribution in [2.24, 2.45) is 0 Å². The topological polar surface area (TPSA) is 38.3 Å². The van der Waals surface area contributed by atoms with Gasteiger partial charge in [-0.3, -0.25) is 4.79 Å². The number of ether oxygens (including phenoxy) is 1. The fourth-order valence-electron chi connectivity index (χ4n) is 2.56. The predicted molar refractivity (Wildman–Crippen MR) is 93.4 cm³/mol. The van der Waals surface area contributed by atoms with Crippen LogP contribution in [0.3, 0.4) is 0 Å². The first-order valence-electron chi connectivity index (χ1n) is 8.15. The third kappa shape index (κ3) is 5.33. The average Bonchev–Trinajstić information content (AvgIpc) is 2.53. The van der Waals surface area contributed by atoms with Gasteiger partial charge in [0.2, 0.25) is 5.91 Å². The molecule has 22 heavy (non-hydrogen) atoms. The van der Waals surface area contributed by atoms with Crippen molar-refractivity contribution >= 4 is 17.7 Å². The lowest BCUT2D eigenvalue weighted by Gasteiger charge is -2.23. The summed E-state index contributed by atoms with van der Waals surface area (Å²) in [6.45, 7) is 8.09. The summed E-state index contributed by atoms with van der Waals surface area (Å²) >= 11 is 1.70. The van der Waals surface area contributed by atoms with Gasteiger partial charge in [-0.05, 0) is 36.8 Å². The van der Waals surface area contributed by atoms with Crippen LogP contribution in [0, 0.1) is 0 Å². The SMILES string of the molecule is CC(C)c1ccc(C(C)SCC(=O)NC2CCOCC2)cc1. The minimum Gasteiger partial charge on any atom is -0.381 e. The number of amides is 1. The Hall–Kier alpha value is -1.00. The first kappa shape index (κ1) is 17.4. The number of hydrogen-bond acceptors (Lipinski definition) is 3. The van der Waals surface area contributed by atoms with Gasteiger partial charge in [-0.25, -0.2) is 0 Å². The summed E-state index contributed by atoms with van der Waals surface area (Å²) in [6, 6.07) is 9.05. The first-order valence-corrected chi connectivity index (χ1v) is 9.19. The molecule has 0 aliphatic carbocycles. The van der Waals surface area contributed by atoms with Gasteiger partial charge in [-0.1, -0.05) is 38.1 Å². The lowest BCUT2D eigenvalue weighted by molar-refractivity contribution is -0.119. The number of rotatable bonds is 6. The van der Waals surface area contributed by atoms with Crippen LogP contribution >= 0.6 is 11.8 Å². The molecule has 3 nitrogen and oxygen atoms in total. The molecule has 1 N–H and O–H groups in total. The number of hydrogen-bond donors (Lipinski definition) is 1. The fourth-order valence-corrected chi connectivity index (χ4v) is 3.39. The van der Waals surface area contributed by atoms with Crippen LogP contribution in [0.5, 0.6) is 0 Å². The second-order valence-corrected chi connectivity index (χ2v) is 7.56. The summed E-state index contributed by atoms with van der Waals surface area (Å²) in [5.74, 6) is 1.22. The molecular weight excluding hydrogens is 294 g/mol. The second kappa shape index (κ2) is 8.59. The van der Waals surface area contributed by atoms with Crippen molar-refractivity contribution in [2.75, 3.05) is 19.0 Å². The molecule has 1 saturated heterocycles. The van der Waals surface area contributed by atoms with Gasteiger partial charge < -0.3 is 10.1 Å². The summed E-state index contributed by atoms with van der Waals surface area (Å²) in [7, 11) is 0. The van der Waals surface area contributed by atoms with Crippen LogP contribution in [-0.2, 0) is 9.53 Å². The maximum absolute atomic E-state index is 12.0. The van der Waals surface area contributed by atoms with E-state index in [1.807, 2.05) is 0 Å². The van der Waals surface area contributed by atoms with Gasteiger partial charge in [0.25, 0.3) is 0 Å². The van der Waals surface area contributed by atoms with Gasteiger partial charge in [0.15, 0.2) is 0 Å². The second-order valence-electron chi connectivity index (χ2n) is 6.23. The van der Waals surface area contributed by atoms with Crippen LogP contribution in [0.2, 0.25) is 0 Å². The molecule has 1 aliphatic heterocycles. The molecule has 4 heteroatoms. The molecular formula is C18H27NO2S. The normalized spacial score (nSPS) is 17.5. The molecule has 1 aromatic rings. The van der Waals surface area contributed by atoms with Crippen molar-refractivity contribution in [3.05, 3.63) is 35.4 Å². The van der Waals surface area contributed by atoms with Crippen molar-refractivity contribution in [1.29, 1.82) is 0 Å². The van der Waals surface area contributed by atoms with Gasteiger partial charge in [0, 0.05) is 24.5 Å². The molecule has 1 aliphatic rings. The van der Waals surface area contributed by atoms with Crippen molar-refractivity contribution < 1.29 is 9.53 Å². The number of benzene rings is 1. The fraction of sp³-hybridized carbons (Fsp3) is 0.611. The highest BCUT2D eigenvalue weighted by Gasteiger charge is 2.17. The predicted octanol–water partition coefficient (Wildman–Crippen LogP) is 3.90. The molecule has 1 aromatic carbocycles. The zero-order valence-electron chi connectivity index (χ0n) is 13.8. The minimum absolute atomic E-state index is 0.141. The maximum atomic E-state index is 12.0. The van der Waals surface area contributed by atoms with Gasteiger partial charge in [0.05, 0.1) is 5.75 Å². The maximum Gasteiger partial charge on any atom is 0.230 e. The van der Waals surface area contributed by atoms with E-state index in [1.165, 1.54) is 11.1 Å². The Labute approximate surface area is 138 Å². The van der Waals surface area contributed by atoms with Crippen molar-refractivity contribution in [1.82, 2.24) is 5.32 Å². The van der Waals surface area contributed by atoms with E-state index in [4.69, 9.17) is 4.74 Å². The van der Waals surface area contributed by atoms with Crippen LogP contribution in [-0.4, -0.2) is 30.9 Å². The molecule has 1 heterocycles. The highest BCUT2D eigenvalue weighted by Crippen LogP contribution is 2.29. The molecule has 0 spiro atoms. The zero-order valence-corrected chi connectivity index (χ0v) is 14.6. The van der Waals surface area contributed by atoms with E-state index in [0.717, 1.165) is 26.1 Å². The van der Waals surface area contributed by atoms with Crippen LogP contribution < -0.4 is 5.32 Å². The Balaban J connectivity index is 1.76. The van der Waals surface area contributed by atoms with Crippen molar-refractivity contribution in [2.45, 2.75) is 50.8 Å². The smallest absolute Gasteiger partial charge is 0.230 e. The summed E-state index contributed by atoms with van der Waals surface area (Å²) in [4.78, 5) is 12.0. The molecule has 1 amide bonds. The van der Waals surface area contributed by atoms with E-state index in [2.05, 4.69) is 50.4 Å². The van der Waals surface area contributed by atoms with Crippen molar-refractivity contribution in [3.8, 4) is 0 Å². The molecule has 0 bridgehead atoms. The van der Waals surface area contributed by atoms with Crippen LogP contribution in [0.4, 0.5) is 0 Å². The Morgan fingerprint density at radius 1 is 1.18 bits per heavy atom. The molecule has 1 atom stereocenters. The van der Waals surface area contributed by atoms with Gasteiger partial charge in [0.1, 0.15) is 0 Å². The molecule has 2 rings (SSSR count). The Morgan fingerprint density at radius 3 is 2.36 bits per heavy atom. The van der Waals surface area contributed by atoms with E-state index in [-0.39, 0.29) is 5.91 Å². The molecule has 122 valence electrons. The van der Waals surface area contributed by atoms with Crippen molar-refractivity contribution in [3.63, 3.8) is 0 Å². The first-order chi connectivity index (χ1) is 10.6. The van der Waals surface area contributed by atoms with Crippen LogP contribution in [0.1, 0.15) is 55.9 Å². The van der Waals surface area contributed by atoms with E-state index >= 15 is 0 Å². The monoisotopic (exact) mass is 321 g/mol. The third-order valence-corrected chi connectivity index (χ3v) is 5.32. The Bertz CT molecular complexity index is 466. The lowest BCUT2D eigenvalue weighted by atomic mass is 10.0. The quantitative estimate of drug-likeness (QED) is 0.863. The average molecular weight is 321 g/mol. The number of carbonyl (C=O) groups is 1. The van der Waals surface area contributed by atoms with E-state index in [0.29, 0.717) is 23.0 Å². The largest absolute Gasteiger partial charge is 0.381 e. The zero-order chi connectivity index (χ0) is 15.9. The highest BCUT2D eigenvalue weighted by molar-refractivity contribution is 8.00. The Kier molecular flexibility index (Phi) is 6.77. The molecule has 0 aromatic heterocycles. The molecule has 0 radical (unpaired) electrons. The van der Waals surface area contributed by atoms with Gasteiger partial charge >= 0.3 is 0 Å². The highest BCUT2D eigenvalue weighted by atomic mass is 32.2. The summed E-state index contributed by atoms with van der Waals surface area (Å²) < 4.78 is 5.31. The van der Waals surface area contributed by atoms with Crippen LogP contribution in [0.25, 0.3) is 0 Å². The summed E-state index contributed by atoms with van der Waals surface area (Å²) in [5.41, 5.74) is 2.64. The number of nitrogens with one attached hydrogen (secondary N) is 1.